The Kier molecular flexibility index (Phi) is 6.84. The number of nitrogens with one attached hydrogen (secondary N) is 1. The lowest BCUT2D eigenvalue weighted by Gasteiger charge is -2.09. The maximum absolute atomic E-state index is 4.80. The Balaban J connectivity index is 1.56. The van der Waals surface area contributed by atoms with Crippen molar-refractivity contribution in [3.63, 3.8) is 0 Å². The third-order valence-corrected chi connectivity index (χ3v) is 5.40. The largest absolute Gasteiger partial charge is 0.245 e. The number of allylic oxidation sites excluding steroid dienone is 2. The molecule has 2 aromatic heterocycles. The van der Waals surface area contributed by atoms with E-state index in [2.05, 4.69) is 77.0 Å². The summed E-state index contributed by atoms with van der Waals surface area (Å²) >= 11 is 0. The maximum Gasteiger partial charge on any atom is 0.180 e. The zero-order chi connectivity index (χ0) is 22.3. The van der Waals surface area contributed by atoms with Crippen LogP contribution < -0.4 is 0 Å². The quantitative estimate of drug-likeness (QED) is 0.385. The monoisotopic (exact) mass is 427 g/mol. The van der Waals surface area contributed by atoms with E-state index in [1.807, 2.05) is 29.8 Å². The first-order valence-electron chi connectivity index (χ1n) is 11.1. The first-order chi connectivity index (χ1) is 15.6. The molecule has 0 aliphatic heterocycles. The van der Waals surface area contributed by atoms with Gasteiger partial charge in [0.15, 0.2) is 11.6 Å². The van der Waals surface area contributed by atoms with Crippen LogP contribution in [0.5, 0.6) is 0 Å². The Morgan fingerprint density at radius 1 is 1.03 bits per heavy atom. The molecule has 2 heterocycles. The van der Waals surface area contributed by atoms with Gasteiger partial charge in [0.25, 0.3) is 0 Å². The van der Waals surface area contributed by atoms with Gasteiger partial charge in [0, 0.05) is 18.4 Å². The Hall–Kier alpha value is -3.61. The van der Waals surface area contributed by atoms with Crippen LogP contribution in [-0.4, -0.2) is 35.4 Å². The summed E-state index contributed by atoms with van der Waals surface area (Å²) in [5.41, 5.74) is 4.37. The molecule has 0 aliphatic rings. The van der Waals surface area contributed by atoms with Gasteiger partial charge in [-0.3, -0.25) is 0 Å². The summed E-state index contributed by atoms with van der Waals surface area (Å²) in [7, 11) is 0. The fourth-order valence-electron chi connectivity index (χ4n) is 3.63. The highest BCUT2D eigenvalue weighted by Gasteiger charge is 2.12. The van der Waals surface area contributed by atoms with E-state index in [1.54, 1.807) is 0 Å². The maximum atomic E-state index is 4.80. The van der Waals surface area contributed by atoms with Crippen LogP contribution in [0.15, 0.2) is 60.7 Å². The Morgan fingerprint density at radius 2 is 1.81 bits per heavy atom. The minimum absolute atomic E-state index is 0.643. The van der Waals surface area contributed by atoms with E-state index in [-0.39, 0.29) is 0 Å². The molecular weight excluding hydrogens is 398 g/mol. The highest BCUT2D eigenvalue weighted by molar-refractivity contribution is 5.80. The van der Waals surface area contributed by atoms with Crippen LogP contribution >= 0.6 is 0 Å². The molecule has 0 fully saturated rings. The Bertz CT molecular complexity index is 1160. The summed E-state index contributed by atoms with van der Waals surface area (Å²) in [4.78, 5) is 4.80. The van der Waals surface area contributed by atoms with Gasteiger partial charge in [0.1, 0.15) is 5.82 Å². The molecule has 0 saturated carbocycles. The fraction of sp³-hybridized carbons (Fsp3) is 0.320. The number of aromatic nitrogens is 7. The average molecular weight is 428 g/mol. The van der Waals surface area contributed by atoms with E-state index >= 15 is 0 Å². The third-order valence-electron chi connectivity index (χ3n) is 5.40. The normalized spacial score (nSPS) is 11.6. The second-order valence-electron chi connectivity index (χ2n) is 8.30. The third kappa shape index (κ3) is 5.17. The van der Waals surface area contributed by atoms with Crippen LogP contribution in [0.25, 0.3) is 22.5 Å². The lowest BCUT2D eigenvalue weighted by molar-refractivity contribution is 0.568. The highest BCUT2D eigenvalue weighted by Crippen LogP contribution is 2.29. The molecule has 0 saturated heterocycles. The minimum atomic E-state index is 0.643. The molecule has 7 nitrogen and oxygen atoms in total. The molecule has 0 spiro atoms. The lowest BCUT2D eigenvalue weighted by Crippen LogP contribution is -2.06. The topological polar surface area (TPSA) is 85.2 Å². The fourth-order valence-corrected chi connectivity index (χ4v) is 3.63. The summed E-state index contributed by atoms with van der Waals surface area (Å²) in [6.45, 7) is 7.20. The molecular formula is C25H29N7. The SMILES string of the molecule is C/C=C/Cc1nc(CCC(C)C)nn1Cc1ccc(-c2ccccc2-c2nnn[nH]2)cc1. The van der Waals surface area contributed by atoms with Crippen LogP contribution in [-0.2, 0) is 19.4 Å². The lowest BCUT2D eigenvalue weighted by atomic mass is 9.98. The molecule has 32 heavy (non-hydrogen) atoms. The number of tetrazole rings is 1. The smallest absolute Gasteiger partial charge is 0.180 e. The van der Waals surface area contributed by atoms with Crippen molar-refractivity contribution in [3.05, 3.63) is 77.9 Å². The Labute approximate surface area is 188 Å². The van der Waals surface area contributed by atoms with Gasteiger partial charge in [-0.15, -0.1) is 5.10 Å². The molecule has 0 unspecified atom stereocenters. The number of hydrogen-bond donors (Lipinski definition) is 1. The molecule has 0 amide bonds. The minimum Gasteiger partial charge on any atom is -0.245 e. The number of aromatic amines is 1. The molecule has 7 heteroatoms. The summed E-state index contributed by atoms with van der Waals surface area (Å²) < 4.78 is 2.04. The zero-order valence-corrected chi connectivity index (χ0v) is 18.9. The van der Waals surface area contributed by atoms with Gasteiger partial charge in [-0.2, -0.15) is 5.10 Å². The molecule has 0 bridgehead atoms. The van der Waals surface area contributed by atoms with Crippen molar-refractivity contribution < 1.29 is 0 Å². The Morgan fingerprint density at radius 3 is 2.50 bits per heavy atom. The highest BCUT2D eigenvalue weighted by atomic mass is 15.5. The van der Waals surface area contributed by atoms with E-state index in [9.17, 15) is 0 Å². The first-order valence-corrected chi connectivity index (χ1v) is 11.1. The van der Waals surface area contributed by atoms with Crippen molar-refractivity contribution in [1.82, 2.24) is 35.4 Å². The van der Waals surface area contributed by atoms with Gasteiger partial charge in [-0.1, -0.05) is 74.5 Å². The van der Waals surface area contributed by atoms with Crippen LogP contribution in [0.2, 0.25) is 0 Å². The van der Waals surface area contributed by atoms with Crippen molar-refractivity contribution in [3.8, 4) is 22.5 Å². The summed E-state index contributed by atoms with van der Waals surface area (Å²) in [6.07, 6.45) is 7.00. The number of hydrogen-bond acceptors (Lipinski definition) is 5. The van der Waals surface area contributed by atoms with E-state index in [0.29, 0.717) is 18.3 Å². The number of aryl methyl sites for hydroxylation is 1. The molecule has 4 rings (SSSR count). The molecule has 4 aromatic rings. The second kappa shape index (κ2) is 10.1. The standard InChI is InChI=1S/C25H29N7/c1-4-5-10-24-26-23(16-11-18(2)3)29-32(24)17-19-12-14-20(15-13-19)21-8-6-7-9-22(21)25-27-30-31-28-25/h4-9,12-15,18H,10-11,16-17H2,1-3H3,(H,27,28,30,31)/b5-4+. The van der Waals surface area contributed by atoms with E-state index in [1.165, 1.54) is 5.56 Å². The predicted molar refractivity (Wildman–Crippen MR) is 126 cm³/mol. The number of H-pyrrole nitrogens is 1. The zero-order valence-electron chi connectivity index (χ0n) is 18.9. The van der Waals surface area contributed by atoms with Crippen molar-refractivity contribution in [2.24, 2.45) is 5.92 Å². The van der Waals surface area contributed by atoms with Gasteiger partial charge in [0.2, 0.25) is 0 Å². The average Bonchev–Trinajstić information content (AvgIpc) is 3.47. The van der Waals surface area contributed by atoms with Gasteiger partial charge in [-0.05, 0) is 46.4 Å². The first kappa shape index (κ1) is 21.6. The molecule has 164 valence electrons. The summed E-state index contributed by atoms with van der Waals surface area (Å²) in [5.74, 6) is 3.25. The molecule has 1 N–H and O–H groups in total. The van der Waals surface area contributed by atoms with Gasteiger partial charge in [-0.25, -0.2) is 14.8 Å². The van der Waals surface area contributed by atoms with Crippen LogP contribution in [0.3, 0.4) is 0 Å². The molecule has 0 aliphatic carbocycles. The second-order valence-corrected chi connectivity index (χ2v) is 8.30. The summed E-state index contributed by atoms with van der Waals surface area (Å²) in [6, 6.07) is 16.7. The van der Waals surface area contributed by atoms with Gasteiger partial charge >= 0.3 is 0 Å². The molecule has 2 aromatic carbocycles. The van der Waals surface area contributed by atoms with E-state index < -0.39 is 0 Å². The molecule has 0 radical (unpaired) electrons. The number of nitrogens with zero attached hydrogens (tertiary/aromatic N) is 6. The summed E-state index contributed by atoms with van der Waals surface area (Å²) in [5, 5.41) is 19.1. The number of rotatable bonds is 9. The van der Waals surface area contributed by atoms with Crippen LogP contribution in [0.1, 0.15) is 44.4 Å². The van der Waals surface area contributed by atoms with Crippen molar-refractivity contribution in [2.45, 2.75) is 46.6 Å². The number of benzene rings is 2. The van der Waals surface area contributed by atoms with Gasteiger partial charge < -0.3 is 0 Å². The molecule has 0 atom stereocenters. The van der Waals surface area contributed by atoms with Crippen molar-refractivity contribution in [2.75, 3.05) is 0 Å². The van der Waals surface area contributed by atoms with Crippen molar-refractivity contribution >= 4 is 0 Å². The van der Waals surface area contributed by atoms with E-state index in [4.69, 9.17) is 10.1 Å². The predicted octanol–water partition coefficient (Wildman–Crippen LogP) is 4.88. The van der Waals surface area contributed by atoms with Crippen LogP contribution in [0, 0.1) is 5.92 Å². The van der Waals surface area contributed by atoms with Crippen LogP contribution in [0.4, 0.5) is 0 Å². The van der Waals surface area contributed by atoms with Crippen molar-refractivity contribution in [1.29, 1.82) is 0 Å². The van der Waals surface area contributed by atoms with E-state index in [0.717, 1.165) is 47.6 Å². The van der Waals surface area contributed by atoms with Gasteiger partial charge in [0.05, 0.1) is 6.54 Å².